The van der Waals surface area contributed by atoms with Gasteiger partial charge in [-0.3, -0.25) is 4.79 Å². The average Bonchev–Trinajstić information content (AvgIpc) is 2.72. The zero-order valence-electron chi connectivity index (χ0n) is 19.7. The fourth-order valence-corrected chi connectivity index (χ4v) is 4.28. The van der Waals surface area contributed by atoms with Gasteiger partial charge in [-0.1, -0.05) is 12.8 Å². The third kappa shape index (κ3) is 12.3. The van der Waals surface area contributed by atoms with E-state index in [2.05, 4.69) is 5.32 Å². The number of aliphatic hydroxyl groups is 1. The summed E-state index contributed by atoms with van der Waals surface area (Å²) in [6.07, 6.45) is 14.2. The predicted octanol–water partition coefficient (Wildman–Crippen LogP) is 0.570. The Balaban J connectivity index is 0.000000308. The van der Waals surface area contributed by atoms with E-state index < -0.39 is 29.7 Å². The summed E-state index contributed by atoms with van der Waals surface area (Å²) in [4.78, 5) is 21.8. The molecule has 0 aromatic rings. The van der Waals surface area contributed by atoms with Crippen molar-refractivity contribution in [1.29, 1.82) is 0 Å². The smallest absolute Gasteiger partial charge is 0.217 e. The molecule has 4 N–H and O–H groups in total. The topological polar surface area (TPSA) is 106 Å². The minimum absolute atomic E-state index is 0.0216. The van der Waals surface area contributed by atoms with Gasteiger partial charge in [0.05, 0.1) is 31.5 Å². The Morgan fingerprint density at radius 3 is 2.07 bits per heavy atom. The van der Waals surface area contributed by atoms with Crippen LogP contribution in [-0.4, -0.2) is 52.7 Å². The van der Waals surface area contributed by atoms with Crippen molar-refractivity contribution in [2.75, 3.05) is 11.5 Å². The molecule has 0 spiro atoms. The maximum atomic E-state index is 10.9. The zero-order valence-corrected chi connectivity index (χ0v) is 17.5. The summed E-state index contributed by atoms with van der Waals surface area (Å²) in [6.45, 7) is 2.36. The van der Waals surface area contributed by atoms with Gasteiger partial charge in [-0.2, -0.15) is 11.8 Å². The quantitative estimate of drug-likeness (QED) is 0.547. The van der Waals surface area contributed by atoms with Gasteiger partial charge in [0.25, 0.3) is 0 Å². The fourth-order valence-electron chi connectivity index (χ4n) is 3.59. The van der Waals surface area contributed by atoms with Gasteiger partial charge in [0.1, 0.15) is 0 Å². The van der Waals surface area contributed by atoms with Gasteiger partial charge in [-0.15, -0.1) is 0 Å². The highest BCUT2D eigenvalue weighted by molar-refractivity contribution is 7.99. The van der Waals surface area contributed by atoms with Crippen molar-refractivity contribution in [2.45, 2.75) is 102 Å². The number of nitrogens with one attached hydrogen (secondary N) is 1. The number of carbonyl (C=O) groups excluding carboxylic acids is 2. The first kappa shape index (κ1) is 19.5. The fraction of sp³-hybridized carbons (Fsp3) is 0.900. The summed E-state index contributed by atoms with van der Waals surface area (Å²) < 4.78 is 22.2. The van der Waals surface area contributed by atoms with Crippen LogP contribution in [0.25, 0.3) is 0 Å². The van der Waals surface area contributed by atoms with Gasteiger partial charge >= 0.3 is 0 Å². The zero-order chi connectivity index (χ0) is 22.7. The first-order valence-electron chi connectivity index (χ1n) is 11.7. The van der Waals surface area contributed by atoms with Gasteiger partial charge in [-0.25, -0.2) is 0 Å². The number of nitrogens with two attached hydrogens (primary N) is 1. The summed E-state index contributed by atoms with van der Waals surface area (Å²) in [5.41, 5.74) is -1.65. The Kier molecular flexibility index (Phi) is 10.3. The van der Waals surface area contributed by atoms with Crippen LogP contribution < -0.4 is 15.7 Å². The Morgan fingerprint density at radius 2 is 1.70 bits per heavy atom. The number of quaternary nitrogens is 1. The number of aliphatic hydroxyl groups excluding tert-OH is 1. The van der Waals surface area contributed by atoms with Crippen molar-refractivity contribution >= 4 is 23.6 Å². The second kappa shape index (κ2) is 14.2. The molecule has 0 aromatic heterocycles. The first-order valence-corrected chi connectivity index (χ1v) is 11.2. The lowest BCUT2D eigenvalue weighted by molar-refractivity contribution is -0.725. The lowest BCUT2D eigenvalue weighted by Gasteiger charge is -2.27. The Labute approximate surface area is 172 Å². The molecule has 2 saturated carbocycles. The van der Waals surface area contributed by atoms with Crippen molar-refractivity contribution < 1.29 is 29.3 Å². The van der Waals surface area contributed by atoms with E-state index in [4.69, 9.17) is 9.26 Å². The van der Waals surface area contributed by atoms with Crippen molar-refractivity contribution in [3.63, 3.8) is 0 Å². The largest absolute Gasteiger partial charge is 0.548 e. The van der Waals surface area contributed by atoms with E-state index >= 15 is 0 Å². The lowest BCUT2D eigenvalue weighted by atomic mass is 9.91. The standard InChI is InChI=1S/C12H23N.C8H15NO4S/c1-3-7-11(8-4-1)13-12-9-5-2-6-10-12;1-5(10)3-14-4-7(8(12)13)9-6(2)11/h11-13H,1-10H2;5,7,10H,3-4H2,1-2H3,(H,9,11)(H,12,13)/t;5?,7-/m.0/s1/i;4D,7D/hD/t;4?,5?,7-. The molecule has 27 heavy (non-hydrogen) atoms. The number of thioether (sulfide) groups is 1. The number of carboxylic acids is 1. The maximum Gasteiger partial charge on any atom is 0.217 e. The normalized spacial score (nSPS) is 24.8. The maximum absolute atomic E-state index is 10.9. The molecule has 2 aliphatic carbocycles. The summed E-state index contributed by atoms with van der Waals surface area (Å²) in [6, 6.07) is -0.806. The number of amides is 1. The van der Waals surface area contributed by atoms with Gasteiger partial charge in [0.15, 0.2) is 1.41 Å². The first-order chi connectivity index (χ1) is 14.1. The summed E-state index contributed by atoms with van der Waals surface area (Å²) in [5, 5.41) is 22.5. The van der Waals surface area contributed by atoms with E-state index in [1.165, 1.54) is 71.1 Å². The van der Waals surface area contributed by atoms with Gasteiger partial charge in [0, 0.05) is 19.8 Å². The van der Waals surface area contributed by atoms with Crippen molar-refractivity contribution in [3.05, 3.63) is 0 Å². The van der Waals surface area contributed by atoms with Gasteiger partial charge < -0.3 is 25.6 Å². The molecule has 2 rings (SSSR count). The van der Waals surface area contributed by atoms with Gasteiger partial charge in [0.2, 0.25) is 5.91 Å². The highest BCUT2D eigenvalue weighted by atomic mass is 32.2. The van der Waals surface area contributed by atoms with E-state index in [9.17, 15) is 14.7 Å². The average molecular weight is 406 g/mol. The number of hydrogen-bond acceptors (Lipinski definition) is 5. The van der Waals surface area contributed by atoms with Crippen LogP contribution in [0.2, 0.25) is 1.41 Å². The van der Waals surface area contributed by atoms with E-state index in [-0.39, 0.29) is 11.1 Å². The predicted molar refractivity (Wildman–Crippen MR) is 107 cm³/mol. The number of aliphatic carboxylic acids is 1. The van der Waals surface area contributed by atoms with Crippen molar-refractivity contribution in [1.82, 2.24) is 5.31 Å². The van der Waals surface area contributed by atoms with E-state index in [1.54, 1.807) is 0 Å². The molecular weight excluding hydrogens is 364 g/mol. The molecule has 7 heteroatoms. The van der Waals surface area contributed by atoms with Crippen LogP contribution in [0.15, 0.2) is 0 Å². The van der Waals surface area contributed by atoms with Crippen molar-refractivity contribution in [3.8, 4) is 0 Å². The molecular formula is C20H38N2O4S. The van der Waals surface area contributed by atoms with E-state index in [1.807, 2.05) is 0 Å². The molecule has 3 atom stereocenters. The van der Waals surface area contributed by atoms with Crippen LogP contribution in [0, 0.1) is 0 Å². The molecule has 0 radical (unpaired) electrons. The Morgan fingerprint density at radius 1 is 1.22 bits per heavy atom. The van der Waals surface area contributed by atoms with Crippen LogP contribution >= 0.6 is 11.8 Å². The van der Waals surface area contributed by atoms with Crippen LogP contribution in [0.4, 0.5) is 0 Å². The second-order valence-electron chi connectivity index (χ2n) is 7.59. The lowest BCUT2D eigenvalue weighted by Crippen LogP contribution is -2.95. The van der Waals surface area contributed by atoms with Crippen LogP contribution in [0.3, 0.4) is 0 Å². The molecule has 0 aliphatic heterocycles. The molecule has 0 saturated heterocycles. The molecule has 2 aliphatic rings. The number of carbonyl (C=O) groups is 2. The highest BCUT2D eigenvalue weighted by Crippen LogP contribution is 2.18. The van der Waals surface area contributed by atoms with Crippen molar-refractivity contribution in [2.24, 2.45) is 0 Å². The third-order valence-electron chi connectivity index (χ3n) is 4.86. The Bertz CT molecular complexity index is 516. The summed E-state index contributed by atoms with van der Waals surface area (Å²) in [7, 11) is 0. The SMILES string of the molecule is C1CCC([NH2+]C2CCCCC2)CC1.[2H]C(SCC(C)O)[C@@]([2H])(C(=O)[O-])N([2H])C(C)=O. The number of rotatable bonds is 8. The van der Waals surface area contributed by atoms with E-state index in [0.29, 0.717) is 11.8 Å². The molecule has 2 unspecified atom stereocenters. The second-order valence-corrected chi connectivity index (χ2v) is 8.49. The molecule has 0 bridgehead atoms. The minimum Gasteiger partial charge on any atom is -0.548 e. The number of hydrogen-bond donors (Lipinski definition) is 3. The van der Waals surface area contributed by atoms with Crippen LogP contribution in [-0.2, 0) is 9.59 Å². The Hall–Kier alpha value is -0.790. The minimum atomic E-state index is -2.80. The molecule has 0 heterocycles. The molecule has 158 valence electrons. The summed E-state index contributed by atoms with van der Waals surface area (Å²) in [5.74, 6) is -2.95. The van der Waals surface area contributed by atoms with Crippen LogP contribution in [0.1, 0.15) is 80.8 Å². The molecule has 0 aromatic carbocycles. The third-order valence-corrected chi connectivity index (χ3v) is 5.93. The van der Waals surface area contributed by atoms with Gasteiger partial charge in [-0.05, 0) is 58.3 Å². The summed E-state index contributed by atoms with van der Waals surface area (Å²) >= 11 is 0.660. The van der Waals surface area contributed by atoms with Crippen LogP contribution in [0.5, 0.6) is 0 Å². The van der Waals surface area contributed by atoms with E-state index in [0.717, 1.165) is 19.0 Å². The molecule has 6 nitrogen and oxygen atoms in total. The monoisotopic (exact) mass is 405 g/mol. The number of carboxylic acid groups (broad SMARTS) is 1. The molecule has 2 fully saturated rings. The molecule has 1 amide bonds. The highest BCUT2D eigenvalue weighted by Gasteiger charge is 2.22.